The third kappa shape index (κ3) is 3.84. The van der Waals surface area contributed by atoms with Gasteiger partial charge in [-0.1, -0.05) is 55.8 Å². The van der Waals surface area contributed by atoms with Crippen LogP contribution in [0.5, 0.6) is 0 Å². The van der Waals surface area contributed by atoms with Gasteiger partial charge in [0, 0.05) is 12.0 Å². The predicted molar refractivity (Wildman–Crippen MR) is 106 cm³/mol. The minimum absolute atomic E-state index is 0.00383. The molecule has 0 aliphatic carbocycles. The van der Waals surface area contributed by atoms with Gasteiger partial charge < -0.3 is 4.79 Å². The van der Waals surface area contributed by atoms with Crippen LogP contribution < -0.4 is 0 Å². The van der Waals surface area contributed by atoms with Crippen LogP contribution >= 0.6 is 11.3 Å². The number of sulfone groups is 1. The van der Waals surface area contributed by atoms with E-state index in [0.717, 1.165) is 16.0 Å². The van der Waals surface area contributed by atoms with Crippen molar-refractivity contribution in [1.29, 1.82) is 0 Å². The van der Waals surface area contributed by atoms with Gasteiger partial charge in [-0.3, -0.25) is 4.79 Å². The molecule has 3 aromatic rings. The van der Waals surface area contributed by atoms with Crippen LogP contribution in [-0.4, -0.2) is 30.7 Å². The van der Waals surface area contributed by atoms with E-state index in [1.54, 1.807) is 55.5 Å². The number of ketones is 1. The molecule has 7 heteroatoms. The Bertz CT molecular complexity index is 1020. The number of nitrogens with zero attached hydrogens (tertiary/aromatic N) is 1. The average molecular weight is 402 g/mol. The van der Waals surface area contributed by atoms with Crippen LogP contribution in [-0.2, 0) is 14.6 Å². The van der Waals surface area contributed by atoms with E-state index in [9.17, 15) is 18.0 Å². The molecular formula is C20H19NO4S2. The number of aromatic nitrogens is 1. The number of thiazole rings is 1. The summed E-state index contributed by atoms with van der Waals surface area (Å²) >= 11 is 1.05. The molecule has 0 amide bonds. The van der Waals surface area contributed by atoms with Crippen molar-refractivity contribution in [3.63, 3.8) is 0 Å². The first kappa shape index (κ1) is 19.4. The Kier molecular flexibility index (Phi) is 5.82. The van der Waals surface area contributed by atoms with E-state index in [0.29, 0.717) is 23.8 Å². The topological polar surface area (TPSA) is 81.2 Å². The number of aldehydes is 1. The van der Waals surface area contributed by atoms with Crippen LogP contribution in [0.15, 0.2) is 58.9 Å². The van der Waals surface area contributed by atoms with Crippen molar-refractivity contribution >= 4 is 43.5 Å². The van der Waals surface area contributed by atoms with Gasteiger partial charge in [-0.2, -0.15) is 0 Å². The highest BCUT2D eigenvalue weighted by Crippen LogP contribution is 2.33. The van der Waals surface area contributed by atoms with E-state index in [1.807, 2.05) is 6.07 Å². The number of carbonyl (C=O) groups excluding carboxylic acids is 2. The van der Waals surface area contributed by atoms with E-state index in [1.165, 1.54) is 0 Å². The lowest BCUT2D eigenvalue weighted by atomic mass is 9.93. The quantitative estimate of drug-likeness (QED) is 0.422. The zero-order valence-electron chi connectivity index (χ0n) is 14.7. The molecule has 0 aliphatic heterocycles. The highest BCUT2D eigenvalue weighted by atomic mass is 32.2. The molecule has 0 radical (unpaired) electrons. The fourth-order valence-corrected chi connectivity index (χ4v) is 6.50. The summed E-state index contributed by atoms with van der Waals surface area (Å²) in [5.41, 5.74) is 0.895. The summed E-state index contributed by atoms with van der Waals surface area (Å²) in [6.07, 6.45) is 1.07. The maximum Gasteiger partial charge on any atom is 0.215 e. The Hall–Kier alpha value is -2.38. The Morgan fingerprint density at radius 1 is 1.11 bits per heavy atom. The van der Waals surface area contributed by atoms with Gasteiger partial charge >= 0.3 is 0 Å². The van der Waals surface area contributed by atoms with Crippen molar-refractivity contribution in [2.24, 2.45) is 5.92 Å². The molecule has 2 atom stereocenters. The number of benzene rings is 2. The fraction of sp³-hybridized carbons (Fsp3) is 0.250. The molecule has 2 unspecified atom stereocenters. The number of fused-ring (bicyclic) bond motifs is 1. The molecule has 0 N–H and O–H groups in total. The van der Waals surface area contributed by atoms with Crippen molar-refractivity contribution in [3.05, 3.63) is 60.2 Å². The Morgan fingerprint density at radius 2 is 1.78 bits per heavy atom. The first-order chi connectivity index (χ1) is 13.0. The lowest BCUT2D eigenvalue weighted by Crippen LogP contribution is -2.37. The standard InChI is InChI=1S/C20H19NO4S2/c1-2-14(12-13-22)19(18(23)15-8-4-3-5-9-15)27(24,25)20-21-16-10-6-7-11-17(16)26-20/h3-11,13-14,19H,2,12H2,1H3. The molecule has 5 nitrogen and oxygen atoms in total. The van der Waals surface area contributed by atoms with Gasteiger partial charge in [0.2, 0.25) is 14.2 Å². The number of hydrogen-bond donors (Lipinski definition) is 0. The molecule has 0 saturated heterocycles. The molecule has 2 aromatic carbocycles. The highest BCUT2D eigenvalue weighted by molar-refractivity contribution is 7.94. The number of rotatable bonds is 8. The molecule has 0 spiro atoms. The Balaban J connectivity index is 2.13. The SMILES string of the molecule is CCC(CC=O)C(C(=O)c1ccccc1)S(=O)(=O)c1nc2ccccc2s1. The van der Waals surface area contributed by atoms with Crippen molar-refractivity contribution in [2.75, 3.05) is 0 Å². The first-order valence-corrected chi connectivity index (χ1v) is 11.0. The van der Waals surface area contributed by atoms with Crippen molar-refractivity contribution in [2.45, 2.75) is 29.4 Å². The maximum atomic E-state index is 13.4. The van der Waals surface area contributed by atoms with Crippen LogP contribution in [0, 0.1) is 5.92 Å². The highest BCUT2D eigenvalue weighted by Gasteiger charge is 2.41. The summed E-state index contributed by atoms with van der Waals surface area (Å²) in [4.78, 5) is 28.5. The van der Waals surface area contributed by atoms with Gasteiger partial charge in [0.25, 0.3) is 0 Å². The largest absolute Gasteiger partial charge is 0.303 e. The molecular weight excluding hydrogens is 382 g/mol. The van der Waals surface area contributed by atoms with Crippen LogP contribution in [0.4, 0.5) is 0 Å². The molecule has 140 valence electrons. The molecule has 0 saturated carbocycles. The molecule has 27 heavy (non-hydrogen) atoms. The molecule has 3 rings (SSSR count). The minimum atomic E-state index is -4.04. The van der Waals surface area contributed by atoms with Crippen LogP contribution in [0.2, 0.25) is 0 Å². The second kappa shape index (κ2) is 8.10. The van der Waals surface area contributed by atoms with E-state index >= 15 is 0 Å². The van der Waals surface area contributed by atoms with Crippen molar-refractivity contribution < 1.29 is 18.0 Å². The zero-order chi connectivity index (χ0) is 19.4. The first-order valence-electron chi connectivity index (χ1n) is 8.61. The summed E-state index contributed by atoms with van der Waals surface area (Å²) in [6, 6.07) is 15.5. The number of para-hydroxylation sites is 1. The Labute approximate surface area is 162 Å². The summed E-state index contributed by atoms with van der Waals surface area (Å²) < 4.78 is 27.5. The zero-order valence-corrected chi connectivity index (χ0v) is 16.4. The van der Waals surface area contributed by atoms with E-state index in [4.69, 9.17) is 0 Å². The van der Waals surface area contributed by atoms with Gasteiger partial charge in [0.1, 0.15) is 11.5 Å². The molecule has 1 aromatic heterocycles. The maximum absolute atomic E-state index is 13.4. The summed E-state index contributed by atoms with van der Waals surface area (Å²) in [6.45, 7) is 1.79. The average Bonchev–Trinajstić information content (AvgIpc) is 3.13. The van der Waals surface area contributed by atoms with Gasteiger partial charge in [-0.25, -0.2) is 13.4 Å². The predicted octanol–water partition coefficient (Wildman–Crippen LogP) is 3.94. The van der Waals surface area contributed by atoms with Gasteiger partial charge in [-0.15, -0.1) is 11.3 Å². The minimum Gasteiger partial charge on any atom is -0.303 e. The second-order valence-electron chi connectivity index (χ2n) is 6.21. The molecule has 0 aliphatic rings. The fourth-order valence-electron chi connectivity index (χ4n) is 3.08. The summed E-state index contributed by atoms with van der Waals surface area (Å²) in [7, 11) is -4.04. The second-order valence-corrected chi connectivity index (χ2v) is 9.49. The molecule has 0 bridgehead atoms. The van der Waals surface area contributed by atoms with Crippen LogP contribution in [0.25, 0.3) is 10.2 Å². The third-order valence-corrected chi connectivity index (χ3v) is 8.14. The molecule has 1 heterocycles. The van der Waals surface area contributed by atoms with Gasteiger partial charge in [-0.05, 0) is 18.1 Å². The lowest BCUT2D eigenvalue weighted by Gasteiger charge is -2.22. The number of Topliss-reactive ketones (excluding diaryl/α,β-unsaturated/α-hetero) is 1. The van der Waals surface area contributed by atoms with Crippen molar-refractivity contribution in [3.8, 4) is 0 Å². The van der Waals surface area contributed by atoms with Crippen LogP contribution in [0.3, 0.4) is 0 Å². The lowest BCUT2D eigenvalue weighted by molar-refractivity contribution is -0.108. The molecule has 0 fully saturated rings. The third-order valence-electron chi connectivity index (χ3n) is 4.52. The van der Waals surface area contributed by atoms with E-state index in [2.05, 4.69) is 4.98 Å². The number of carbonyl (C=O) groups is 2. The monoisotopic (exact) mass is 401 g/mol. The normalized spacial score (nSPS) is 14.0. The van der Waals surface area contributed by atoms with Gasteiger partial charge in [0.05, 0.1) is 10.2 Å². The summed E-state index contributed by atoms with van der Waals surface area (Å²) in [5.74, 6) is -1.10. The van der Waals surface area contributed by atoms with E-state index < -0.39 is 26.8 Å². The van der Waals surface area contributed by atoms with E-state index in [-0.39, 0.29) is 10.8 Å². The van der Waals surface area contributed by atoms with Crippen molar-refractivity contribution in [1.82, 2.24) is 4.98 Å². The smallest absolute Gasteiger partial charge is 0.215 e. The van der Waals surface area contributed by atoms with Crippen LogP contribution in [0.1, 0.15) is 30.1 Å². The Morgan fingerprint density at radius 3 is 2.41 bits per heavy atom. The number of hydrogen-bond acceptors (Lipinski definition) is 6. The summed E-state index contributed by atoms with van der Waals surface area (Å²) in [5, 5.41) is -1.34. The van der Waals surface area contributed by atoms with Gasteiger partial charge in [0.15, 0.2) is 5.78 Å².